The molecule has 0 radical (unpaired) electrons. The van der Waals surface area contributed by atoms with Crippen molar-refractivity contribution in [3.8, 4) is 0 Å². The van der Waals surface area contributed by atoms with E-state index in [1.54, 1.807) is 12.3 Å². The molecule has 0 aliphatic carbocycles. The Kier molecular flexibility index (Phi) is 21.9. The summed E-state index contributed by atoms with van der Waals surface area (Å²) in [6.45, 7) is 9.58. The van der Waals surface area contributed by atoms with Crippen LogP contribution in [0.3, 0.4) is 0 Å². The van der Waals surface area contributed by atoms with Crippen LogP contribution in [0, 0.1) is 0 Å². The molecule has 0 saturated carbocycles. The van der Waals surface area contributed by atoms with Gasteiger partial charge in [0.25, 0.3) is 0 Å². The molecule has 0 atom stereocenters. The lowest BCUT2D eigenvalue weighted by molar-refractivity contribution is 0.275. The molecule has 0 amide bonds. The average Bonchev–Trinajstić information content (AvgIpc) is 2.60. The number of hydrogen-bond donors (Lipinski definition) is 3. The van der Waals surface area contributed by atoms with Gasteiger partial charge in [0.15, 0.2) is 0 Å². The van der Waals surface area contributed by atoms with Gasteiger partial charge >= 0.3 is 7.82 Å². The quantitative estimate of drug-likeness (QED) is 0.169. The van der Waals surface area contributed by atoms with Crippen molar-refractivity contribution in [3.05, 3.63) is 0 Å². The van der Waals surface area contributed by atoms with Gasteiger partial charge in [-0.05, 0) is 33.1 Å². The number of unbranched alkanes of at least 4 members (excludes halogenated alkanes) is 11. The van der Waals surface area contributed by atoms with Gasteiger partial charge in [-0.1, -0.05) is 78.1 Å². The molecule has 0 fully saturated rings. The van der Waals surface area contributed by atoms with Gasteiger partial charge in [0.1, 0.15) is 0 Å². The third-order valence-corrected chi connectivity index (χ3v) is 10.9. The zero-order valence-electron chi connectivity index (χ0n) is 18.7. The third-order valence-electron chi connectivity index (χ3n) is 5.53. The highest BCUT2D eigenvalue weighted by atomic mass is 31.2. The third kappa shape index (κ3) is 24.5. The molecule has 0 aromatic carbocycles. The fourth-order valence-electron chi connectivity index (χ4n) is 3.73. The first-order chi connectivity index (χ1) is 12.7. The van der Waals surface area contributed by atoms with E-state index in [2.05, 4.69) is 27.7 Å². The first-order valence-electron chi connectivity index (χ1n) is 11.4. The SMILES string of the molecule is CCCCCCCCCCCCCC[P+](CC)(CC)CCC.O=P(O)(O)O. The molecule has 3 N–H and O–H groups in total. The highest BCUT2D eigenvalue weighted by Gasteiger charge is 2.31. The van der Waals surface area contributed by atoms with Gasteiger partial charge < -0.3 is 14.7 Å². The van der Waals surface area contributed by atoms with Gasteiger partial charge in [-0.2, -0.15) is 0 Å². The number of hydrogen-bond acceptors (Lipinski definition) is 1. The van der Waals surface area contributed by atoms with E-state index in [0.29, 0.717) is 0 Å². The van der Waals surface area contributed by atoms with Gasteiger partial charge in [0, 0.05) is 7.26 Å². The molecule has 0 heterocycles. The summed E-state index contributed by atoms with van der Waals surface area (Å²) in [5.74, 6) is 0. The molecule has 0 aliphatic rings. The van der Waals surface area contributed by atoms with Crippen LogP contribution in [-0.4, -0.2) is 39.3 Å². The Morgan fingerprint density at radius 1 is 0.556 bits per heavy atom. The Bertz CT molecular complexity index is 333. The normalized spacial score (nSPS) is 12.0. The molecule has 0 saturated heterocycles. The predicted molar refractivity (Wildman–Crippen MR) is 123 cm³/mol. The minimum Gasteiger partial charge on any atom is -0.303 e. The van der Waals surface area contributed by atoms with E-state index >= 15 is 0 Å². The zero-order chi connectivity index (χ0) is 21.0. The van der Waals surface area contributed by atoms with Crippen LogP contribution in [-0.2, 0) is 4.57 Å². The molecule has 6 heteroatoms. The maximum atomic E-state index is 8.88. The van der Waals surface area contributed by atoms with Crippen LogP contribution in [0.2, 0.25) is 0 Å². The summed E-state index contributed by atoms with van der Waals surface area (Å²) in [6, 6.07) is 0. The van der Waals surface area contributed by atoms with Gasteiger partial charge in [-0.25, -0.2) is 4.57 Å². The second-order valence-electron chi connectivity index (χ2n) is 7.82. The van der Waals surface area contributed by atoms with E-state index in [1.165, 1.54) is 95.8 Å². The van der Waals surface area contributed by atoms with Crippen LogP contribution in [0.5, 0.6) is 0 Å². The summed E-state index contributed by atoms with van der Waals surface area (Å²) < 4.78 is 8.88. The van der Waals surface area contributed by atoms with E-state index in [4.69, 9.17) is 19.2 Å². The van der Waals surface area contributed by atoms with E-state index in [0.717, 1.165) is 0 Å². The van der Waals surface area contributed by atoms with Crippen LogP contribution in [0.15, 0.2) is 0 Å². The van der Waals surface area contributed by atoms with Gasteiger partial charge in [0.05, 0.1) is 24.6 Å². The molecular weight excluding hydrogens is 378 g/mol. The Labute approximate surface area is 170 Å². The second kappa shape index (κ2) is 19.8. The van der Waals surface area contributed by atoms with Gasteiger partial charge in [-0.3, -0.25) is 0 Å². The molecule has 0 rings (SSSR count). The lowest BCUT2D eigenvalue weighted by Crippen LogP contribution is -2.08. The van der Waals surface area contributed by atoms with Crippen molar-refractivity contribution in [3.63, 3.8) is 0 Å². The fraction of sp³-hybridized carbons (Fsp3) is 1.00. The first kappa shape index (κ1) is 29.7. The van der Waals surface area contributed by atoms with Crippen molar-refractivity contribution in [1.29, 1.82) is 0 Å². The Balaban J connectivity index is 0. The molecule has 0 unspecified atom stereocenters. The highest BCUT2D eigenvalue weighted by Crippen LogP contribution is 2.59. The number of phosphoric acid groups is 1. The lowest BCUT2D eigenvalue weighted by Gasteiger charge is -2.24. The topological polar surface area (TPSA) is 77.8 Å². The molecule has 0 aromatic rings. The molecule has 0 aromatic heterocycles. The maximum absolute atomic E-state index is 8.88. The smallest absolute Gasteiger partial charge is 0.303 e. The monoisotopic (exact) mass is 427 g/mol. The van der Waals surface area contributed by atoms with E-state index in [9.17, 15) is 0 Å². The Morgan fingerprint density at radius 3 is 1.19 bits per heavy atom. The van der Waals surface area contributed by atoms with Crippen molar-refractivity contribution >= 4 is 15.1 Å². The molecule has 27 heavy (non-hydrogen) atoms. The van der Waals surface area contributed by atoms with Crippen molar-refractivity contribution in [2.75, 3.05) is 24.6 Å². The van der Waals surface area contributed by atoms with Crippen LogP contribution in [0.4, 0.5) is 0 Å². The van der Waals surface area contributed by atoms with Gasteiger partial charge in [-0.15, -0.1) is 0 Å². The zero-order valence-corrected chi connectivity index (χ0v) is 20.5. The van der Waals surface area contributed by atoms with Crippen molar-refractivity contribution < 1.29 is 19.2 Å². The molecule has 0 spiro atoms. The number of rotatable bonds is 17. The standard InChI is InChI=1S/C21H46P.H3O4P/c1-5-9-10-11-12-13-14-15-16-17-18-19-21-22(7-3,8-4)20-6-2;1-5(2,3)4/h5-21H2,1-4H3;(H3,1,2,3,4)/q+1;. The van der Waals surface area contributed by atoms with E-state index in [-0.39, 0.29) is 0 Å². The predicted octanol–water partition coefficient (Wildman–Crippen LogP) is 7.23. The van der Waals surface area contributed by atoms with Crippen molar-refractivity contribution in [2.45, 2.75) is 111 Å². The molecule has 4 nitrogen and oxygen atoms in total. The summed E-state index contributed by atoms with van der Waals surface area (Å²) in [5, 5.41) is 0. The van der Waals surface area contributed by atoms with Crippen LogP contribution in [0.1, 0.15) is 111 Å². The van der Waals surface area contributed by atoms with Crippen LogP contribution in [0.25, 0.3) is 0 Å². The summed E-state index contributed by atoms with van der Waals surface area (Å²) in [5.41, 5.74) is 0. The Hall–Kier alpha value is 0.540. The maximum Gasteiger partial charge on any atom is 0.466 e. The van der Waals surface area contributed by atoms with E-state index < -0.39 is 15.1 Å². The minimum absolute atomic E-state index is 0.538. The summed E-state index contributed by atoms with van der Waals surface area (Å²) in [4.78, 5) is 21.6. The molecule has 166 valence electrons. The van der Waals surface area contributed by atoms with Crippen molar-refractivity contribution in [1.82, 2.24) is 0 Å². The lowest BCUT2D eigenvalue weighted by atomic mass is 10.1. The molecule has 0 aliphatic heterocycles. The Morgan fingerprint density at radius 2 is 0.889 bits per heavy atom. The summed E-state index contributed by atoms with van der Waals surface area (Å²) in [7, 11) is -5.18. The molecular formula is C21H49O4P2+. The first-order valence-corrected chi connectivity index (χ1v) is 15.5. The summed E-state index contributed by atoms with van der Waals surface area (Å²) in [6.07, 6.45) is 25.3. The fourth-order valence-corrected chi connectivity index (χ4v) is 7.51. The van der Waals surface area contributed by atoms with Crippen LogP contribution < -0.4 is 0 Å². The molecule has 0 bridgehead atoms. The van der Waals surface area contributed by atoms with Gasteiger partial charge in [0.2, 0.25) is 0 Å². The minimum atomic E-state index is -4.64. The second-order valence-corrected chi connectivity index (χ2v) is 13.7. The van der Waals surface area contributed by atoms with Crippen molar-refractivity contribution in [2.24, 2.45) is 0 Å². The van der Waals surface area contributed by atoms with Crippen LogP contribution >= 0.6 is 15.1 Å². The highest BCUT2D eigenvalue weighted by molar-refractivity contribution is 7.75. The van der Waals surface area contributed by atoms with E-state index in [1.807, 2.05) is 0 Å². The average molecular weight is 428 g/mol. The largest absolute Gasteiger partial charge is 0.466 e. The summed E-state index contributed by atoms with van der Waals surface area (Å²) >= 11 is 0.